The van der Waals surface area contributed by atoms with Gasteiger partial charge in [-0.3, -0.25) is 4.98 Å². The molecule has 2 heteroatoms. The van der Waals surface area contributed by atoms with Gasteiger partial charge in [-0.15, -0.1) is 11.3 Å². The Morgan fingerprint density at radius 1 is 0.485 bits per heavy atom. The normalized spacial score (nSPS) is 12.2. The van der Waals surface area contributed by atoms with Crippen LogP contribution in [-0.2, 0) is 0 Å². The summed E-state index contributed by atoms with van der Waals surface area (Å²) < 4.78 is 2.57. The molecule has 1 nitrogen and oxygen atoms in total. The Bertz CT molecular complexity index is 1980. The van der Waals surface area contributed by atoms with Crippen molar-refractivity contribution < 1.29 is 0 Å². The Morgan fingerprint density at radius 3 is 2.00 bits per heavy atom. The molecule has 0 amide bonds. The fraction of sp³-hybridized carbons (Fsp3) is 0. The molecule has 0 saturated carbocycles. The first-order chi connectivity index (χ1) is 16.4. The highest BCUT2D eigenvalue weighted by Gasteiger charge is 2.17. The van der Waals surface area contributed by atoms with Gasteiger partial charge in [0.2, 0.25) is 0 Å². The molecule has 0 N–H and O–H groups in total. The molecule has 2 heterocycles. The maximum atomic E-state index is 4.92. The first kappa shape index (κ1) is 17.5. The van der Waals surface area contributed by atoms with E-state index < -0.39 is 0 Å². The van der Waals surface area contributed by atoms with Crippen LogP contribution in [0.15, 0.2) is 103 Å². The number of benzene rings is 6. The summed E-state index contributed by atoms with van der Waals surface area (Å²) in [6.45, 7) is 0. The van der Waals surface area contributed by atoms with Gasteiger partial charge in [0.05, 0.1) is 10.4 Å². The molecule has 0 saturated heterocycles. The summed E-state index contributed by atoms with van der Waals surface area (Å²) in [6.07, 6.45) is 1.96. The van der Waals surface area contributed by atoms with Crippen molar-refractivity contribution in [1.29, 1.82) is 0 Å². The number of pyridine rings is 1. The molecule has 0 bridgehead atoms. The Labute approximate surface area is 193 Å². The molecule has 8 aromatic rings. The number of hydrogen-bond acceptors (Lipinski definition) is 2. The number of nitrogens with zero attached hydrogens (tertiary/aromatic N) is 1. The lowest BCUT2D eigenvalue weighted by Gasteiger charge is -2.16. The van der Waals surface area contributed by atoms with E-state index in [4.69, 9.17) is 4.98 Å². The highest BCUT2D eigenvalue weighted by Crippen LogP contribution is 2.45. The van der Waals surface area contributed by atoms with Gasteiger partial charge in [-0.2, -0.15) is 0 Å². The van der Waals surface area contributed by atoms with Crippen molar-refractivity contribution in [2.24, 2.45) is 0 Å². The number of rotatable bonds is 1. The van der Waals surface area contributed by atoms with E-state index in [1.54, 1.807) is 0 Å². The van der Waals surface area contributed by atoms with E-state index in [0.717, 1.165) is 5.69 Å². The zero-order chi connectivity index (χ0) is 21.5. The highest BCUT2D eigenvalue weighted by molar-refractivity contribution is 7.26. The number of thiophene rings is 1. The van der Waals surface area contributed by atoms with Crippen LogP contribution in [0.3, 0.4) is 0 Å². The lowest BCUT2D eigenvalue weighted by molar-refractivity contribution is 1.37. The van der Waals surface area contributed by atoms with Gasteiger partial charge in [0.15, 0.2) is 0 Å². The second-order valence-electron chi connectivity index (χ2n) is 8.73. The number of aromatic nitrogens is 1. The summed E-state index contributed by atoms with van der Waals surface area (Å²) in [5, 5.41) is 13.1. The van der Waals surface area contributed by atoms with Gasteiger partial charge in [-0.25, -0.2) is 0 Å². The summed E-state index contributed by atoms with van der Waals surface area (Å²) >= 11 is 1.84. The number of hydrogen-bond donors (Lipinski definition) is 0. The standard InChI is InChI=1S/C31H17NS/c1-2-13-27-19(8-1)26-16-17-32-30(31(26)33-27)25-15-14-24-21-10-4-7-18-6-3-9-20(28(18)21)22-11-5-12-23(25)29(22)24/h1-17H. The van der Waals surface area contributed by atoms with Crippen LogP contribution in [0.5, 0.6) is 0 Å². The lowest BCUT2D eigenvalue weighted by atomic mass is 9.88. The predicted octanol–water partition coefficient (Wildman–Crippen LogP) is 9.17. The van der Waals surface area contributed by atoms with Crippen molar-refractivity contribution in [2.75, 3.05) is 0 Å². The Hall–Kier alpha value is -4.01. The molecule has 33 heavy (non-hydrogen) atoms. The Kier molecular flexibility index (Phi) is 3.34. The minimum atomic E-state index is 1.08. The molecule has 152 valence electrons. The fourth-order valence-corrected chi connectivity index (χ4v) is 6.90. The van der Waals surface area contributed by atoms with Crippen molar-refractivity contribution in [2.45, 2.75) is 0 Å². The van der Waals surface area contributed by atoms with Crippen LogP contribution in [0.2, 0.25) is 0 Å². The van der Waals surface area contributed by atoms with E-state index >= 15 is 0 Å². The maximum Gasteiger partial charge on any atom is 0.0886 e. The van der Waals surface area contributed by atoms with Gasteiger partial charge in [0, 0.05) is 27.2 Å². The van der Waals surface area contributed by atoms with Gasteiger partial charge in [0.25, 0.3) is 0 Å². The van der Waals surface area contributed by atoms with E-state index in [1.165, 1.54) is 68.8 Å². The second-order valence-corrected chi connectivity index (χ2v) is 9.78. The summed E-state index contributed by atoms with van der Waals surface area (Å²) in [6, 6.07) is 35.4. The van der Waals surface area contributed by atoms with Gasteiger partial charge >= 0.3 is 0 Å². The summed E-state index contributed by atoms with van der Waals surface area (Å²) in [5.41, 5.74) is 2.29. The molecule has 0 fully saturated rings. The first-order valence-corrected chi connectivity index (χ1v) is 12.0. The van der Waals surface area contributed by atoms with E-state index in [2.05, 4.69) is 97.1 Å². The third kappa shape index (κ3) is 2.23. The van der Waals surface area contributed by atoms with Crippen LogP contribution in [0.25, 0.3) is 74.5 Å². The monoisotopic (exact) mass is 435 g/mol. The Morgan fingerprint density at radius 2 is 1.15 bits per heavy atom. The van der Waals surface area contributed by atoms with Crippen LogP contribution in [0.1, 0.15) is 0 Å². The third-order valence-corrected chi connectivity index (χ3v) is 8.27. The molecule has 0 spiro atoms. The van der Waals surface area contributed by atoms with Crippen LogP contribution in [0.4, 0.5) is 0 Å². The van der Waals surface area contributed by atoms with E-state index in [9.17, 15) is 0 Å². The number of fused-ring (bicyclic) bond motifs is 5. The molecule has 0 unspecified atom stereocenters. The van der Waals surface area contributed by atoms with E-state index in [1.807, 2.05) is 17.5 Å². The zero-order valence-electron chi connectivity index (χ0n) is 17.7. The molecule has 8 rings (SSSR count). The maximum absolute atomic E-state index is 4.92. The van der Waals surface area contributed by atoms with Gasteiger partial charge in [-0.05, 0) is 55.2 Å². The molecule has 2 aromatic heterocycles. The molecule has 0 radical (unpaired) electrons. The van der Waals surface area contributed by atoms with Crippen molar-refractivity contribution in [1.82, 2.24) is 4.98 Å². The smallest absolute Gasteiger partial charge is 0.0886 e. The van der Waals surface area contributed by atoms with Crippen molar-refractivity contribution in [3.05, 3.63) is 103 Å². The van der Waals surface area contributed by atoms with Gasteiger partial charge in [-0.1, -0.05) is 84.9 Å². The van der Waals surface area contributed by atoms with Crippen LogP contribution in [-0.4, -0.2) is 4.98 Å². The minimum Gasteiger partial charge on any atom is -0.255 e. The second kappa shape index (κ2) is 6.28. The average Bonchev–Trinajstić information content (AvgIpc) is 3.26. The van der Waals surface area contributed by atoms with Gasteiger partial charge < -0.3 is 0 Å². The van der Waals surface area contributed by atoms with Crippen molar-refractivity contribution >= 4 is 74.6 Å². The van der Waals surface area contributed by atoms with Crippen LogP contribution >= 0.6 is 11.3 Å². The molecular weight excluding hydrogens is 418 g/mol. The summed E-state index contributed by atoms with van der Waals surface area (Å²) in [4.78, 5) is 4.92. The average molecular weight is 436 g/mol. The fourth-order valence-electron chi connectivity index (χ4n) is 5.70. The lowest BCUT2D eigenvalue weighted by Crippen LogP contribution is -1.90. The topological polar surface area (TPSA) is 12.9 Å². The summed E-state index contributed by atoms with van der Waals surface area (Å²) in [5.74, 6) is 0. The van der Waals surface area contributed by atoms with Crippen LogP contribution in [0, 0.1) is 0 Å². The zero-order valence-corrected chi connectivity index (χ0v) is 18.5. The molecule has 0 aliphatic rings. The molecular formula is C31H17NS. The minimum absolute atomic E-state index is 1.08. The highest BCUT2D eigenvalue weighted by atomic mass is 32.1. The van der Waals surface area contributed by atoms with Crippen molar-refractivity contribution in [3.63, 3.8) is 0 Å². The Balaban J connectivity index is 1.57. The molecule has 0 aliphatic heterocycles. The largest absolute Gasteiger partial charge is 0.255 e. The van der Waals surface area contributed by atoms with E-state index in [0.29, 0.717) is 0 Å². The van der Waals surface area contributed by atoms with Gasteiger partial charge in [0.1, 0.15) is 0 Å². The summed E-state index contributed by atoms with van der Waals surface area (Å²) in [7, 11) is 0. The van der Waals surface area contributed by atoms with Crippen molar-refractivity contribution in [3.8, 4) is 11.3 Å². The SMILES string of the molecule is c1ccc2c(c1)sc1c(-c3ccc4c5cccc6cccc(c7cccc3c74)c65)nccc12. The molecule has 0 aliphatic carbocycles. The first-order valence-electron chi connectivity index (χ1n) is 11.2. The predicted molar refractivity (Wildman–Crippen MR) is 144 cm³/mol. The molecule has 6 aromatic carbocycles. The third-order valence-electron chi connectivity index (χ3n) is 7.07. The molecule has 0 atom stereocenters. The van der Waals surface area contributed by atoms with Crippen LogP contribution < -0.4 is 0 Å². The quantitative estimate of drug-likeness (QED) is 0.185. The van der Waals surface area contributed by atoms with E-state index in [-0.39, 0.29) is 0 Å².